The number of nitrogens with one attached hydrogen (secondary N) is 2. The molecule has 1 aromatic rings. The molecular formula is C16H25N3O2. The lowest BCUT2D eigenvalue weighted by Crippen LogP contribution is -2.50. The lowest BCUT2D eigenvalue weighted by atomic mass is 9.95. The summed E-state index contributed by atoms with van der Waals surface area (Å²) in [6.45, 7) is 8.70. The number of amides is 2. The van der Waals surface area contributed by atoms with Crippen LogP contribution in [0.15, 0.2) is 24.4 Å². The molecule has 1 saturated heterocycles. The number of hydrogen-bond acceptors (Lipinski definition) is 3. The lowest BCUT2D eigenvalue weighted by Gasteiger charge is -2.27. The van der Waals surface area contributed by atoms with Gasteiger partial charge in [-0.25, -0.2) is 4.79 Å². The number of hydrogen-bond donors (Lipinski definition) is 2. The maximum atomic E-state index is 12.0. The van der Waals surface area contributed by atoms with Crippen molar-refractivity contribution in [2.75, 3.05) is 6.54 Å². The number of carbonyl (C=O) groups is 1. The van der Waals surface area contributed by atoms with Crippen molar-refractivity contribution in [3.05, 3.63) is 30.1 Å². The van der Waals surface area contributed by atoms with Crippen molar-refractivity contribution in [2.45, 2.75) is 57.8 Å². The molecule has 21 heavy (non-hydrogen) atoms. The highest BCUT2D eigenvalue weighted by atomic mass is 16.5. The van der Waals surface area contributed by atoms with Gasteiger partial charge >= 0.3 is 6.03 Å². The monoisotopic (exact) mass is 291 g/mol. The van der Waals surface area contributed by atoms with Crippen LogP contribution in [0.5, 0.6) is 0 Å². The third-order valence-corrected chi connectivity index (χ3v) is 3.77. The molecule has 5 heteroatoms. The number of ether oxygens (including phenoxy) is 1. The molecule has 1 atom stereocenters. The van der Waals surface area contributed by atoms with E-state index in [0.717, 1.165) is 18.5 Å². The molecule has 0 spiro atoms. The van der Waals surface area contributed by atoms with Crippen LogP contribution in [0.3, 0.4) is 0 Å². The van der Waals surface area contributed by atoms with Gasteiger partial charge in [0.15, 0.2) is 0 Å². The fraction of sp³-hybridized carbons (Fsp3) is 0.625. The molecule has 0 saturated carbocycles. The van der Waals surface area contributed by atoms with E-state index in [9.17, 15) is 4.79 Å². The van der Waals surface area contributed by atoms with Crippen LogP contribution in [0.4, 0.5) is 4.79 Å². The summed E-state index contributed by atoms with van der Waals surface area (Å²) in [7, 11) is 0. The highest BCUT2D eigenvalue weighted by Crippen LogP contribution is 2.37. The molecule has 5 nitrogen and oxygen atoms in total. The van der Waals surface area contributed by atoms with E-state index in [-0.39, 0.29) is 23.3 Å². The van der Waals surface area contributed by atoms with Gasteiger partial charge in [0, 0.05) is 24.9 Å². The molecule has 0 aromatic carbocycles. The summed E-state index contributed by atoms with van der Waals surface area (Å²) in [5.74, 6) is 0. The van der Waals surface area contributed by atoms with Gasteiger partial charge in [-0.3, -0.25) is 4.98 Å². The van der Waals surface area contributed by atoms with Gasteiger partial charge in [0.1, 0.15) is 0 Å². The first-order valence-corrected chi connectivity index (χ1v) is 7.43. The predicted octanol–water partition coefficient (Wildman–Crippen LogP) is 2.27. The average molecular weight is 291 g/mol. The second kappa shape index (κ2) is 6.02. The average Bonchev–Trinajstić information content (AvgIpc) is 2.58. The minimum atomic E-state index is -0.345. The van der Waals surface area contributed by atoms with Crippen LogP contribution < -0.4 is 10.6 Å². The highest BCUT2D eigenvalue weighted by molar-refractivity contribution is 5.74. The Hall–Kier alpha value is -1.62. The minimum Gasteiger partial charge on any atom is -0.367 e. The molecule has 2 N–H and O–H groups in total. The largest absolute Gasteiger partial charge is 0.367 e. The Morgan fingerprint density at radius 2 is 2.14 bits per heavy atom. The van der Waals surface area contributed by atoms with Gasteiger partial charge in [0.2, 0.25) is 0 Å². The highest BCUT2D eigenvalue weighted by Gasteiger charge is 2.46. The first-order chi connectivity index (χ1) is 9.78. The van der Waals surface area contributed by atoms with Gasteiger partial charge < -0.3 is 15.4 Å². The van der Waals surface area contributed by atoms with Crippen LogP contribution in [0.2, 0.25) is 0 Å². The Morgan fingerprint density at radius 1 is 1.38 bits per heavy atom. The van der Waals surface area contributed by atoms with Crippen molar-refractivity contribution in [3.8, 4) is 0 Å². The standard InChI is InChI=1S/C16H25N3O2/c1-15(2)11-13(16(3,4)21-15)19-14(20)18-10-8-12-7-5-6-9-17-12/h5-7,9,13H,8,10-11H2,1-4H3,(H2,18,19,20). The molecule has 0 bridgehead atoms. The Morgan fingerprint density at radius 3 is 2.71 bits per heavy atom. The van der Waals surface area contributed by atoms with Crippen LogP contribution in [0, 0.1) is 0 Å². The molecule has 1 aromatic heterocycles. The molecule has 2 heterocycles. The summed E-state index contributed by atoms with van der Waals surface area (Å²) in [5.41, 5.74) is 0.431. The van der Waals surface area contributed by atoms with Crippen molar-refractivity contribution in [2.24, 2.45) is 0 Å². The van der Waals surface area contributed by atoms with Crippen molar-refractivity contribution < 1.29 is 9.53 Å². The fourth-order valence-electron chi connectivity index (χ4n) is 2.85. The summed E-state index contributed by atoms with van der Waals surface area (Å²) < 4.78 is 5.97. The molecule has 0 aliphatic carbocycles. The van der Waals surface area contributed by atoms with Gasteiger partial charge in [0.05, 0.1) is 17.2 Å². The zero-order valence-electron chi connectivity index (χ0n) is 13.3. The summed E-state index contributed by atoms with van der Waals surface area (Å²) in [4.78, 5) is 16.2. The summed E-state index contributed by atoms with van der Waals surface area (Å²) in [6.07, 6.45) is 3.30. The van der Waals surface area contributed by atoms with Crippen molar-refractivity contribution >= 4 is 6.03 Å². The van der Waals surface area contributed by atoms with Crippen LogP contribution in [0.1, 0.15) is 39.8 Å². The number of carbonyl (C=O) groups excluding carboxylic acids is 1. The number of nitrogens with zero attached hydrogens (tertiary/aromatic N) is 1. The topological polar surface area (TPSA) is 63.2 Å². The maximum Gasteiger partial charge on any atom is 0.315 e. The second-order valence-electron chi connectivity index (χ2n) is 6.69. The lowest BCUT2D eigenvalue weighted by molar-refractivity contribution is -0.0690. The van der Waals surface area contributed by atoms with Gasteiger partial charge in [-0.2, -0.15) is 0 Å². The number of urea groups is 1. The third kappa shape index (κ3) is 4.43. The zero-order valence-corrected chi connectivity index (χ0v) is 13.3. The maximum absolute atomic E-state index is 12.0. The first kappa shape index (κ1) is 15.8. The fourth-order valence-corrected chi connectivity index (χ4v) is 2.85. The minimum absolute atomic E-state index is 0.0161. The number of pyridine rings is 1. The van der Waals surface area contributed by atoms with E-state index in [0.29, 0.717) is 6.54 Å². The van der Waals surface area contributed by atoms with Crippen molar-refractivity contribution in [1.29, 1.82) is 0 Å². The zero-order chi connectivity index (χ0) is 15.5. The van der Waals surface area contributed by atoms with E-state index in [1.807, 2.05) is 32.0 Å². The van der Waals surface area contributed by atoms with Crippen LogP contribution in [0.25, 0.3) is 0 Å². The third-order valence-electron chi connectivity index (χ3n) is 3.77. The molecule has 0 radical (unpaired) electrons. The Balaban J connectivity index is 1.77. The van der Waals surface area contributed by atoms with E-state index < -0.39 is 0 Å². The Kier molecular flexibility index (Phi) is 4.52. The smallest absolute Gasteiger partial charge is 0.315 e. The summed E-state index contributed by atoms with van der Waals surface area (Å²) in [5, 5.41) is 5.89. The summed E-state index contributed by atoms with van der Waals surface area (Å²) >= 11 is 0. The summed E-state index contributed by atoms with van der Waals surface area (Å²) in [6, 6.07) is 5.65. The molecule has 2 amide bonds. The SMILES string of the molecule is CC1(C)CC(NC(=O)NCCc2ccccn2)C(C)(C)O1. The first-order valence-electron chi connectivity index (χ1n) is 7.43. The van der Waals surface area contributed by atoms with Gasteiger partial charge in [-0.15, -0.1) is 0 Å². The van der Waals surface area contributed by atoms with Gasteiger partial charge in [-0.05, 0) is 46.2 Å². The Bertz CT molecular complexity index is 486. The van der Waals surface area contributed by atoms with Gasteiger partial charge in [0.25, 0.3) is 0 Å². The van der Waals surface area contributed by atoms with Crippen LogP contribution in [-0.4, -0.2) is 34.8 Å². The molecule has 116 valence electrons. The molecule has 1 fully saturated rings. The number of aromatic nitrogens is 1. The van der Waals surface area contributed by atoms with Crippen molar-refractivity contribution in [1.82, 2.24) is 15.6 Å². The normalized spacial score (nSPS) is 22.8. The van der Waals surface area contributed by atoms with Gasteiger partial charge in [-0.1, -0.05) is 6.07 Å². The molecule has 1 unspecified atom stereocenters. The molecule has 1 aliphatic rings. The van der Waals surface area contributed by atoms with Crippen LogP contribution in [-0.2, 0) is 11.2 Å². The van der Waals surface area contributed by atoms with E-state index in [2.05, 4.69) is 29.5 Å². The van der Waals surface area contributed by atoms with E-state index in [4.69, 9.17) is 4.74 Å². The molecule has 1 aliphatic heterocycles. The second-order valence-corrected chi connectivity index (χ2v) is 6.69. The van der Waals surface area contributed by atoms with E-state index in [1.54, 1.807) is 6.20 Å². The molecular weight excluding hydrogens is 266 g/mol. The predicted molar refractivity (Wildman–Crippen MR) is 82.1 cm³/mol. The quantitative estimate of drug-likeness (QED) is 0.894. The van der Waals surface area contributed by atoms with E-state index >= 15 is 0 Å². The van der Waals surface area contributed by atoms with Crippen LogP contribution >= 0.6 is 0 Å². The number of rotatable bonds is 4. The van der Waals surface area contributed by atoms with E-state index in [1.165, 1.54) is 0 Å². The van der Waals surface area contributed by atoms with Crippen molar-refractivity contribution in [3.63, 3.8) is 0 Å². The molecule has 2 rings (SSSR count). The Labute approximate surface area is 126 Å².